The molecule has 3 atom stereocenters. The zero-order valence-corrected chi connectivity index (χ0v) is 13.9. The Kier molecular flexibility index (Phi) is 8.14. The van der Waals surface area contributed by atoms with Gasteiger partial charge >= 0.3 is 0 Å². The van der Waals surface area contributed by atoms with E-state index in [1.807, 2.05) is 0 Å². The molecule has 1 nitrogen and oxygen atoms in total. The summed E-state index contributed by atoms with van der Waals surface area (Å²) in [4.78, 5) is 10.4. The van der Waals surface area contributed by atoms with Gasteiger partial charge in [0.15, 0.2) is 0 Å². The van der Waals surface area contributed by atoms with Gasteiger partial charge in [-0.1, -0.05) is 58.8 Å². The Morgan fingerprint density at radius 1 is 1.27 bits per heavy atom. The third kappa shape index (κ3) is 4.12. The van der Waals surface area contributed by atoms with Gasteiger partial charge in [0.1, 0.15) is 6.29 Å². The fourth-order valence-electron chi connectivity index (χ4n) is 4.68. The first-order valence-electron chi connectivity index (χ1n) is 9.07. The van der Waals surface area contributed by atoms with Crippen molar-refractivity contribution in [3.05, 3.63) is 23.8 Å². The van der Waals surface area contributed by atoms with Crippen LogP contribution in [0.1, 0.15) is 85.5 Å². The molecule has 1 heteroatoms. The van der Waals surface area contributed by atoms with Gasteiger partial charge in [-0.2, -0.15) is 0 Å². The molecule has 0 bridgehead atoms. The Hall–Kier alpha value is -0.850. The van der Waals surface area contributed by atoms with Crippen LogP contribution in [0.4, 0.5) is 0 Å². The first-order valence-corrected chi connectivity index (χ1v) is 9.07. The standard InChI is InChI=1S/C20H32O.CH4/c1-3-20-15-9-8-11-18(20)14-13-17(2)19(20)12-7-5-4-6-10-16-21;/h11,13-14,16-17,19H,3-10,12,15H2,1-2H3;1H4. The normalized spacial score (nSPS) is 30.2. The number of carbonyl (C=O) groups excluding carboxylic acids is 1. The van der Waals surface area contributed by atoms with Gasteiger partial charge in [0.25, 0.3) is 0 Å². The lowest BCUT2D eigenvalue weighted by atomic mass is 9.56. The summed E-state index contributed by atoms with van der Waals surface area (Å²) in [5.74, 6) is 1.54. The highest BCUT2D eigenvalue weighted by atomic mass is 16.1. The summed E-state index contributed by atoms with van der Waals surface area (Å²) in [5, 5.41) is 0. The average Bonchev–Trinajstić information content (AvgIpc) is 2.52. The number of allylic oxidation sites excluding steroid dienone is 4. The number of fused-ring (bicyclic) bond motifs is 1. The molecule has 0 aromatic carbocycles. The van der Waals surface area contributed by atoms with Crippen molar-refractivity contribution in [2.75, 3.05) is 0 Å². The Morgan fingerprint density at radius 3 is 2.77 bits per heavy atom. The maximum Gasteiger partial charge on any atom is 0.119 e. The van der Waals surface area contributed by atoms with Gasteiger partial charge in [0, 0.05) is 6.42 Å². The molecule has 0 saturated heterocycles. The summed E-state index contributed by atoms with van der Waals surface area (Å²) in [6, 6.07) is 0. The van der Waals surface area contributed by atoms with Gasteiger partial charge in [0.2, 0.25) is 0 Å². The summed E-state index contributed by atoms with van der Waals surface area (Å²) >= 11 is 0. The monoisotopic (exact) mass is 304 g/mol. The van der Waals surface area contributed by atoms with E-state index in [9.17, 15) is 4.79 Å². The maximum atomic E-state index is 10.4. The molecule has 0 aromatic heterocycles. The Bertz CT molecular complexity index is 393. The molecular weight excluding hydrogens is 268 g/mol. The van der Waals surface area contributed by atoms with Crippen molar-refractivity contribution in [1.29, 1.82) is 0 Å². The highest BCUT2D eigenvalue weighted by Crippen LogP contribution is 2.54. The van der Waals surface area contributed by atoms with E-state index in [1.165, 1.54) is 51.4 Å². The zero-order valence-electron chi connectivity index (χ0n) is 13.9. The molecule has 0 fully saturated rings. The maximum absolute atomic E-state index is 10.4. The largest absolute Gasteiger partial charge is 0.303 e. The molecule has 0 N–H and O–H groups in total. The second kappa shape index (κ2) is 9.33. The van der Waals surface area contributed by atoms with Gasteiger partial charge in [0.05, 0.1) is 0 Å². The molecule has 0 amide bonds. The van der Waals surface area contributed by atoms with Crippen LogP contribution in [-0.2, 0) is 4.79 Å². The molecule has 2 aliphatic carbocycles. The van der Waals surface area contributed by atoms with Crippen molar-refractivity contribution in [3.63, 3.8) is 0 Å². The van der Waals surface area contributed by atoms with Gasteiger partial charge < -0.3 is 4.79 Å². The lowest BCUT2D eigenvalue weighted by Gasteiger charge is -2.48. The molecule has 0 saturated carbocycles. The molecule has 126 valence electrons. The van der Waals surface area contributed by atoms with Crippen molar-refractivity contribution in [2.24, 2.45) is 17.3 Å². The zero-order chi connectivity index (χ0) is 15.1. The first kappa shape index (κ1) is 19.2. The summed E-state index contributed by atoms with van der Waals surface area (Å²) in [6.07, 6.45) is 20.8. The number of carbonyl (C=O) groups is 1. The lowest BCUT2D eigenvalue weighted by molar-refractivity contribution is -0.107. The van der Waals surface area contributed by atoms with Crippen LogP contribution >= 0.6 is 0 Å². The van der Waals surface area contributed by atoms with E-state index in [4.69, 9.17) is 0 Å². The van der Waals surface area contributed by atoms with E-state index >= 15 is 0 Å². The third-order valence-electron chi connectivity index (χ3n) is 5.91. The minimum absolute atomic E-state index is 0. The van der Waals surface area contributed by atoms with E-state index in [1.54, 1.807) is 5.57 Å². The summed E-state index contributed by atoms with van der Waals surface area (Å²) in [7, 11) is 0. The molecule has 3 unspecified atom stereocenters. The summed E-state index contributed by atoms with van der Waals surface area (Å²) in [6.45, 7) is 4.80. The second-order valence-electron chi connectivity index (χ2n) is 7.04. The predicted molar refractivity (Wildman–Crippen MR) is 96.9 cm³/mol. The Morgan fingerprint density at radius 2 is 2.05 bits per heavy atom. The van der Waals surface area contributed by atoms with E-state index in [-0.39, 0.29) is 7.43 Å². The molecule has 22 heavy (non-hydrogen) atoms. The fraction of sp³-hybridized carbons (Fsp3) is 0.762. The van der Waals surface area contributed by atoms with Crippen molar-refractivity contribution in [2.45, 2.75) is 85.5 Å². The van der Waals surface area contributed by atoms with E-state index in [0.29, 0.717) is 5.41 Å². The van der Waals surface area contributed by atoms with Gasteiger partial charge in [-0.15, -0.1) is 0 Å². The van der Waals surface area contributed by atoms with Gasteiger partial charge in [-0.25, -0.2) is 0 Å². The first-order chi connectivity index (χ1) is 10.2. The second-order valence-corrected chi connectivity index (χ2v) is 7.04. The highest BCUT2D eigenvalue weighted by Gasteiger charge is 2.43. The van der Waals surface area contributed by atoms with Crippen LogP contribution < -0.4 is 0 Å². The third-order valence-corrected chi connectivity index (χ3v) is 5.91. The number of rotatable bonds is 8. The number of hydrogen-bond donors (Lipinski definition) is 0. The SMILES string of the molecule is C.CCC12CCCC=C1C=CC(C)C2CCCCCCC=O. The summed E-state index contributed by atoms with van der Waals surface area (Å²) in [5.41, 5.74) is 2.11. The van der Waals surface area contributed by atoms with Crippen molar-refractivity contribution in [3.8, 4) is 0 Å². The van der Waals surface area contributed by atoms with Crippen LogP contribution in [0.3, 0.4) is 0 Å². The Labute approximate surface area is 138 Å². The van der Waals surface area contributed by atoms with Crippen LogP contribution in [-0.4, -0.2) is 6.29 Å². The highest BCUT2D eigenvalue weighted by molar-refractivity contribution is 5.48. The van der Waals surface area contributed by atoms with Crippen LogP contribution in [0.5, 0.6) is 0 Å². The molecule has 2 aliphatic rings. The number of aldehydes is 1. The number of unbranched alkanes of at least 4 members (excludes halogenated alkanes) is 4. The van der Waals surface area contributed by atoms with Crippen LogP contribution in [0.2, 0.25) is 0 Å². The molecule has 0 heterocycles. The van der Waals surface area contributed by atoms with E-state index in [2.05, 4.69) is 32.1 Å². The van der Waals surface area contributed by atoms with E-state index < -0.39 is 0 Å². The van der Waals surface area contributed by atoms with Crippen molar-refractivity contribution < 1.29 is 4.79 Å². The molecular formula is C21H36O. The van der Waals surface area contributed by atoms with Crippen LogP contribution in [0, 0.1) is 17.3 Å². The van der Waals surface area contributed by atoms with E-state index in [0.717, 1.165) is 31.0 Å². The lowest BCUT2D eigenvalue weighted by Crippen LogP contribution is -2.39. The molecule has 2 rings (SSSR count). The fourth-order valence-corrected chi connectivity index (χ4v) is 4.68. The van der Waals surface area contributed by atoms with Gasteiger partial charge in [-0.05, 0) is 61.3 Å². The number of hydrogen-bond acceptors (Lipinski definition) is 1. The Balaban J connectivity index is 0.00000242. The predicted octanol–water partition coefficient (Wildman–Crippen LogP) is 6.49. The molecule has 0 radical (unpaired) electrons. The summed E-state index contributed by atoms with van der Waals surface area (Å²) < 4.78 is 0. The molecule has 0 spiro atoms. The van der Waals surface area contributed by atoms with Crippen LogP contribution in [0.25, 0.3) is 0 Å². The average molecular weight is 305 g/mol. The van der Waals surface area contributed by atoms with Crippen molar-refractivity contribution >= 4 is 6.29 Å². The van der Waals surface area contributed by atoms with Crippen LogP contribution in [0.15, 0.2) is 23.8 Å². The minimum Gasteiger partial charge on any atom is -0.303 e. The smallest absolute Gasteiger partial charge is 0.119 e. The van der Waals surface area contributed by atoms with Gasteiger partial charge in [-0.3, -0.25) is 0 Å². The molecule has 0 aromatic rings. The topological polar surface area (TPSA) is 17.1 Å². The quantitative estimate of drug-likeness (QED) is 0.370. The molecule has 0 aliphatic heterocycles. The van der Waals surface area contributed by atoms with Crippen molar-refractivity contribution in [1.82, 2.24) is 0 Å². The minimum atomic E-state index is 0.